The van der Waals surface area contributed by atoms with Crippen molar-refractivity contribution in [3.8, 4) is 5.75 Å². The van der Waals surface area contributed by atoms with Gasteiger partial charge < -0.3 is 17.7 Å². The summed E-state index contributed by atoms with van der Waals surface area (Å²) in [6.07, 6.45) is 3.39. The van der Waals surface area contributed by atoms with E-state index in [4.69, 9.17) is 4.74 Å². The zero-order valence-electron chi connectivity index (χ0n) is 10.3. The van der Waals surface area contributed by atoms with E-state index in [0.717, 1.165) is 23.3 Å². The smallest absolute Gasteiger partial charge is 0.489 e. The summed E-state index contributed by atoms with van der Waals surface area (Å²) < 4.78 is 42.7. The zero-order chi connectivity index (χ0) is 13.9. The number of aromatic nitrogens is 1. The van der Waals surface area contributed by atoms with Crippen molar-refractivity contribution >= 4 is 12.4 Å². The lowest BCUT2D eigenvalue weighted by molar-refractivity contribution is 0.305. The van der Waals surface area contributed by atoms with Gasteiger partial charge in [0.05, 0.1) is 0 Å². The largest absolute Gasteiger partial charge is 0.509 e. The molecule has 2 rings (SSSR count). The molecule has 2 nitrogen and oxygen atoms in total. The molecule has 0 amide bonds. The standard InChI is InChI=1S/C13H12BF3NO/c1-10-6-11(8-18-7-10)9-19-13-4-2-12(3-5-13)14(15,16)17/h2-8H,9H2,1H3/q-1. The number of ether oxygens (including phenoxy) is 1. The Morgan fingerprint density at radius 3 is 2.37 bits per heavy atom. The number of rotatable bonds is 4. The van der Waals surface area contributed by atoms with Crippen molar-refractivity contribution in [3.63, 3.8) is 0 Å². The predicted molar refractivity (Wildman–Crippen MR) is 68.5 cm³/mol. The second-order valence-corrected chi connectivity index (χ2v) is 4.30. The first-order valence-corrected chi connectivity index (χ1v) is 5.78. The molecule has 100 valence electrons. The zero-order valence-corrected chi connectivity index (χ0v) is 10.3. The van der Waals surface area contributed by atoms with Crippen molar-refractivity contribution in [1.29, 1.82) is 0 Å². The van der Waals surface area contributed by atoms with Crippen LogP contribution < -0.4 is 10.2 Å². The molecular formula is C13H12BF3NO-. The van der Waals surface area contributed by atoms with Crippen LogP contribution in [0.3, 0.4) is 0 Å². The van der Waals surface area contributed by atoms with Crippen LogP contribution in [0.1, 0.15) is 11.1 Å². The molecule has 0 aliphatic rings. The van der Waals surface area contributed by atoms with Gasteiger partial charge in [-0.25, -0.2) is 0 Å². The molecule has 1 heterocycles. The highest BCUT2D eigenvalue weighted by Gasteiger charge is 2.24. The van der Waals surface area contributed by atoms with Crippen LogP contribution in [0.4, 0.5) is 12.9 Å². The fraction of sp³-hybridized carbons (Fsp3) is 0.154. The molecule has 0 aliphatic heterocycles. The Hall–Kier alpha value is -1.98. The van der Waals surface area contributed by atoms with Gasteiger partial charge in [-0.1, -0.05) is 12.1 Å². The molecule has 0 N–H and O–H groups in total. The summed E-state index contributed by atoms with van der Waals surface area (Å²) in [5.74, 6) is 0.408. The summed E-state index contributed by atoms with van der Waals surface area (Å²) in [4.78, 5) is 4.02. The topological polar surface area (TPSA) is 22.1 Å². The average Bonchev–Trinajstić information content (AvgIpc) is 2.36. The van der Waals surface area contributed by atoms with E-state index in [1.165, 1.54) is 12.1 Å². The third kappa shape index (κ3) is 3.74. The van der Waals surface area contributed by atoms with Crippen LogP contribution in [0, 0.1) is 6.92 Å². The molecular weight excluding hydrogens is 254 g/mol. The Morgan fingerprint density at radius 2 is 1.79 bits per heavy atom. The number of pyridine rings is 1. The molecule has 6 heteroatoms. The first kappa shape index (κ1) is 13.5. The minimum atomic E-state index is -4.95. The van der Waals surface area contributed by atoms with E-state index in [1.807, 2.05) is 13.0 Å². The third-order valence-electron chi connectivity index (χ3n) is 2.60. The van der Waals surface area contributed by atoms with E-state index >= 15 is 0 Å². The van der Waals surface area contributed by atoms with E-state index < -0.39 is 12.4 Å². The van der Waals surface area contributed by atoms with Gasteiger partial charge in [-0.3, -0.25) is 4.98 Å². The lowest BCUT2D eigenvalue weighted by atomic mass is 9.80. The molecule has 0 unspecified atom stereocenters. The van der Waals surface area contributed by atoms with Crippen molar-refractivity contribution in [3.05, 3.63) is 53.9 Å². The van der Waals surface area contributed by atoms with E-state index in [9.17, 15) is 12.9 Å². The van der Waals surface area contributed by atoms with Gasteiger partial charge >= 0.3 is 6.98 Å². The fourth-order valence-electron chi connectivity index (χ4n) is 1.65. The van der Waals surface area contributed by atoms with Gasteiger partial charge in [0, 0.05) is 18.0 Å². The molecule has 1 aromatic carbocycles. The quantitative estimate of drug-likeness (QED) is 0.793. The number of nitrogens with zero attached hydrogens (tertiary/aromatic N) is 1. The first-order valence-electron chi connectivity index (χ1n) is 5.78. The molecule has 1 aromatic heterocycles. The Kier molecular flexibility index (Phi) is 3.78. The Balaban J connectivity index is 2.01. The molecule has 0 radical (unpaired) electrons. The molecule has 0 atom stereocenters. The minimum absolute atomic E-state index is 0.283. The van der Waals surface area contributed by atoms with E-state index in [0.29, 0.717) is 5.75 Å². The minimum Gasteiger partial charge on any atom is -0.489 e. The summed E-state index contributed by atoms with van der Waals surface area (Å²) in [5.41, 5.74) is 1.27. The first-order chi connectivity index (χ1) is 8.95. The van der Waals surface area contributed by atoms with Gasteiger partial charge in [-0.2, -0.15) is 0 Å². The van der Waals surface area contributed by atoms with Crippen LogP contribution in [0.25, 0.3) is 0 Å². The molecule has 0 fully saturated rings. The molecule has 2 aromatic rings. The highest BCUT2D eigenvalue weighted by Crippen LogP contribution is 2.15. The monoisotopic (exact) mass is 266 g/mol. The van der Waals surface area contributed by atoms with Crippen LogP contribution >= 0.6 is 0 Å². The SMILES string of the molecule is Cc1cncc(COc2ccc([B-](F)(F)F)cc2)c1. The van der Waals surface area contributed by atoms with Crippen LogP contribution in [0.15, 0.2) is 42.7 Å². The number of hydrogen-bond donors (Lipinski definition) is 0. The lowest BCUT2D eigenvalue weighted by Gasteiger charge is -2.15. The van der Waals surface area contributed by atoms with Crippen molar-refractivity contribution in [2.24, 2.45) is 0 Å². The van der Waals surface area contributed by atoms with Gasteiger partial charge in [0.1, 0.15) is 12.4 Å². The molecule has 19 heavy (non-hydrogen) atoms. The number of halogens is 3. The summed E-state index contributed by atoms with van der Waals surface area (Å²) in [6.45, 7) is -2.75. The number of aryl methyl sites for hydroxylation is 1. The molecule has 0 aliphatic carbocycles. The maximum Gasteiger partial charge on any atom is 0.509 e. The third-order valence-corrected chi connectivity index (χ3v) is 2.60. The van der Waals surface area contributed by atoms with Gasteiger partial charge in [0.25, 0.3) is 0 Å². The van der Waals surface area contributed by atoms with Gasteiger partial charge in [0.2, 0.25) is 0 Å². The van der Waals surface area contributed by atoms with Crippen LogP contribution in [0.2, 0.25) is 0 Å². The Bertz CT molecular complexity index is 555. The Morgan fingerprint density at radius 1 is 1.11 bits per heavy atom. The van der Waals surface area contributed by atoms with Crippen molar-refractivity contribution in [2.75, 3.05) is 0 Å². The summed E-state index contributed by atoms with van der Waals surface area (Å²) in [5, 5.41) is 0. The second kappa shape index (κ2) is 5.34. The summed E-state index contributed by atoms with van der Waals surface area (Å²) in [6, 6.07) is 6.63. The van der Waals surface area contributed by atoms with Crippen LogP contribution in [-0.4, -0.2) is 12.0 Å². The molecule has 0 saturated carbocycles. The van der Waals surface area contributed by atoms with E-state index in [-0.39, 0.29) is 6.61 Å². The highest BCUT2D eigenvalue weighted by molar-refractivity contribution is 6.73. The van der Waals surface area contributed by atoms with Gasteiger partial charge in [-0.15, -0.1) is 5.46 Å². The average molecular weight is 266 g/mol. The maximum absolute atomic E-state index is 12.4. The predicted octanol–water partition coefficient (Wildman–Crippen LogP) is 3.02. The molecule has 0 bridgehead atoms. The fourth-order valence-corrected chi connectivity index (χ4v) is 1.65. The van der Waals surface area contributed by atoms with E-state index in [2.05, 4.69) is 4.98 Å². The highest BCUT2D eigenvalue weighted by atomic mass is 19.4. The normalized spacial score (nSPS) is 11.4. The summed E-state index contributed by atoms with van der Waals surface area (Å²) in [7, 11) is 0. The van der Waals surface area contributed by atoms with Crippen molar-refractivity contribution in [1.82, 2.24) is 4.98 Å². The van der Waals surface area contributed by atoms with E-state index in [1.54, 1.807) is 12.4 Å². The maximum atomic E-state index is 12.4. The van der Waals surface area contributed by atoms with Crippen molar-refractivity contribution in [2.45, 2.75) is 13.5 Å². The van der Waals surface area contributed by atoms with Crippen LogP contribution in [0.5, 0.6) is 5.75 Å². The van der Waals surface area contributed by atoms with Gasteiger partial charge in [0.15, 0.2) is 0 Å². The van der Waals surface area contributed by atoms with Gasteiger partial charge in [-0.05, 0) is 30.7 Å². The van der Waals surface area contributed by atoms with Crippen molar-refractivity contribution < 1.29 is 17.7 Å². The number of hydrogen-bond acceptors (Lipinski definition) is 2. The van der Waals surface area contributed by atoms with Crippen LogP contribution in [-0.2, 0) is 6.61 Å². The molecule has 0 spiro atoms. The number of benzene rings is 1. The molecule has 0 saturated heterocycles. The lowest BCUT2D eigenvalue weighted by Crippen LogP contribution is -2.33. The summed E-state index contributed by atoms with van der Waals surface area (Å²) >= 11 is 0. The second-order valence-electron chi connectivity index (χ2n) is 4.30. The Labute approximate surface area is 109 Å².